The van der Waals surface area contributed by atoms with Gasteiger partial charge in [0.05, 0.1) is 26.5 Å². The maximum atomic E-state index is 12.5. The Balaban J connectivity index is 1.61. The molecule has 8 heteroatoms. The third-order valence-corrected chi connectivity index (χ3v) is 5.94. The topological polar surface area (TPSA) is 77.1 Å². The second-order valence-corrected chi connectivity index (χ2v) is 9.40. The van der Waals surface area contributed by atoms with Crippen molar-refractivity contribution in [2.75, 3.05) is 27.2 Å². The van der Waals surface area contributed by atoms with Crippen LogP contribution in [0.3, 0.4) is 0 Å². The largest absolute Gasteiger partial charge is 0.302 e. The van der Waals surface area contributed by atoms with E-state index in [4.69, 9.17) is 4.99 Å². The van der Waals surface area contributed by atoms with E-state index in [1.165, 1.54) is 0 Å². The first-order chi connectivity index (χ1) is 15.2. The Bertz CT molecular complexity index is 1190. The summed E-state index contributed by atoms with van der Waals surface area (Å²) in [7, 11) is 6.29. The van der Waals surface area contributed by atoms with E-state index in [1.54, 1.807) is 27.8 Å². The smallest absolute Gasteiger partial charge is 0.208 e. The fourth-order valence-electron chi connectivity index (χ4n) is 4.68. The van der Waals surface area contributed by atoms with Crippen molar-refractivity contribution in [3.63, 3.8) is 0 Å². The minimum Gasteiger partial charge on any atom is -0.302 e. The fourth-order valence-corrected chi connectivity index (χ4v) is 4.68. The molecule has 0 radical (unpaired) electrons. The molecule has 0 saturated heterocycles. The maximum absolute atomic E-state index is 12.5. The summed E-state index contributed by atoms with van der Waals surface area (Å²) in [5.41, 5.74) is 3.34. The first kappa shape index (κ1) is 22.1. The van der Waals surface area contributed by atoms with Gasteiger partial charge in [0.25, 0.3) is 0 Å². The van der Waals surface area contributed by atoms with E-state index in [9.17, 15) is 4.79 Å². The van der Waals surface area contributed by atoms with Crippen LogP contribution in [0, 0.1) is 0 Å². The summed E-state index contributed by atoms with van der Waals surface area (Å²) in [4.78, 5) is 17.4. The van der Waals surface area contributed by atoms with Gasteiger partial charge in [-0.05, 0) is 25.1 Å². The molecule has 2 unspecified atom stereocenters. The normalized spacial score (nSPS) is 22.2. The van der Waals surface area contributed by atoms with Crippen LogP contribution in [-0.4, -0.2) is 63.0 Å². The quantitative estimate of drug-likeness (QED) is 0.603. The number of hydrogen-bond donors (Lipinski definition) is 1. The molecule has 1 aromatic carbocycles. The van der Waals surface area contributed by atoms with Gasteiger partial charge in [-0.15, -0.1) is 0 Å². The lowest BCUT2D eigenvalue weighted by atomic mass is 9.96. The number of benzene rings is 1. The molecule has 3 aromatic rings. The van der Waals surface area contributed by atoms with Crippen LogP contribution in [0.2, 0.25) is 0 Å². The lowest BCUT2D eigenvalue weighted by Gasteiger charge is -2.45. The van der Waals surface area contributed by atoms with Gasteiger partial charge in [0.15, 0.2) is 0 Å². The van der Waals surface area contributed by atoms with Crippen LogP contribution in [0.15, 0.2) is 58.7 Å². The second kappa shape index (κ2) is 8.44. The molecule has 4 rings (SSSR count). The van der Waals surface area contributed by atoms with Crippen molar-refractivity contribution < 1.29 is 4.48 Å². The van der Waals surface area contributed by atoms with Crippen molar-refractivity contribution in [2.45, 2.75) is 32.0 Å². The molecule has 1 aliphatic heterocycles. The average molecular weight is 435 g/mol. The van der Waals surface area contributed by atoms with Gasteiger partial charge >= 0.3 is 0 Å². The number of likely N-dealkylation sites (N-methyl/N-ethyl adjacent to an activating group) is 2. The van der Waals surface area contributed by atoms with E-state index in [1.807, 2.05) is 25.4 Å². The summed E-state index contributed by atoms with van der Waals surface area (Å²) in [6.07, 6.45) is 7.80. The highest BCUT2D eigenvalue weighted by atomic mass is 16.1. The third-order valence-electron chi connectivity index (χ3n) is 5.94. The van der Waals surface area contributed by atoms with Crippen molar-refractivity contribution in [3.05, 3.63) is 76.0 Å². The predicted molar refractivity (Wildman–Crippen MR) is 126 cm³/mol. The van der Waals surface area contributed by atoms with Crippen LogP contribution in [0.4, 0.5) is 0 Å². The predicted octanol–water partition coefficient (Wildman–Crippen LogP) is 2.08. The molecule has 32 heavy (non-hydrogen) atoms. The van der Waals surface area contributed by atoms with Gasteiger partial charge in [-0.3, -0.25) is 9.48 Å². The summed E-state index contributed by atoms with van der Waals surface area (Å²) in [5, 5.41) is 12.3. The lowest BCUT2D eigenvalue weighted by molar-refractivity contribution is -0.924. The van der Waals surface area contributed by atoms with Gasteiger partial charge in [-0.2, -0.15) is 10.2 Å². The highest BCUT2D eigenvalue weighted by Crippen LogP contribution is 2.32. The number of hydrogen-bond acceptors (Lipinski definition) is 5. The number of aromatic nitrogens is 4. The molecule has 8 nitrogen and oxygen atoms in total. The molecule has 0 saturated carbocycles. The molecule has 0 aliphatic carbocycles. The first-order valence-corrected chi connectivity index (χ1v) is 11.0. The van der Waals surface area contributed by atoms with Crippen molar-refractivity contribution in [2.24, 2.45) is 12.0 Å². The Labute approximate surface area is 188 Å². The van der Waals surface area contributed by atoms with E-state index in [2.05, 4.69) is 61.8 Å². The zero-order valence-corrected chi connectivity index (χ0v) is 19.5. The molecule has 1 N–H and O–H groups in total. The van der Waals surface area contributed by atoms with E-state index < -0.39 is 0 Å². The molecule has 0 amide bonds. The zero-order chi connectivity index (χ0) is 22.9. The van der Waals surface area contributed by atoms with Gasteiger partial charge in [0.2, 0.25) is 11.6 Å². The molecule has 2 aromatic heterocycles. The number of nitrogens with zero attached hydrogens (tertiary/aromatic N) is 6. The van der Waals surface area contributed by atoms with Gasteiger partial charge in [0, 0.05) is 37.5 Å². The summed E-state index contributed by atoms with van der Waals surface area (Å²) in [5.74, 6) is 0. The lowest BCUT2D eigenvalue weighted by Crippen LogP contribution is -2.61. The number of aliphatic imine (C=N–C) groups is 1. The van der Waals surface area contributed by atoms with Crippen LogP contribution in [0.5, 0.6) is 0 Å². The third kappa shape index (κ3) is 4.56. The van der Waals surface area contributed by atoms with Crippen molar-refractivity contribution in [1.82, 2.24) is 24.9 Å². The molecular formula is C24H32N7O+. The van der Waals surface area contributed by atoms with Crippen molar-refractivity contribution >= 4 is 6.21 Å². The molecule has 2 atom stereocenters. The Morgan fingerprint density at radius 3 is 2.78 bits per heavy atom. The molecular weight excluding hydrogens is 402 g/mol. The summed E-state index contributed by atoms with van der Waals surface area (Å²) < 4.78 is 4.16. The van der Waals surface area contributed by atoms with Crippen LogP contribution < -0.4 is 10.7 Å². The van der Waals surface area contributed by atoms with Crippen molar-refractivity contribution in [1.29, 1.82) is 0 Å². The van der Waals surface area contributed by atoms with Crippen LogP contribution in [0.1, 0.15) is 36.8 Å². The molecule has 0 bridgehead atoms. The minimum atomic E-state index is -0.113. The van der Waals surface area contributed by atoms with Gasteiger partial charge in [-0.1, -0.05) is 25.1 Å². The van der Waals surface area contributed by atoms with Crippen molar-refractivity contribution in [3.8, 4) is 5.69 Å². The highest BCUT2D eigenvalue weighted by Gasteiger charge is 2.41. The van der Waals surface area contributed by atoms with Gasteiger partial charge < -0.3 is 9.80 Å². The summed E-state index contributed by atoms with van der Waals surface area (Å²) in [6.45, 7) is 6.16. The van der Waals surface area contributed by atoms with Crippen LogP contribution in [0.25, 0.3) is 5.69 Å². The fraction of sp³-hybridized carbons (Fsp3) is 0.417. The summed E-state index contributed by atoms with van der Waals surface area (Å²) in [6, 6.07) is 9.92. The number of rotatable bonds is 6. The van der Waals surface area contributed by atoms with E-state index in [0.29, 0.717) is 12.1 Å². The molecule has 0 fully saturated rings. The first-order valence-electron chi connectivity index (χ1n) is 11.0. The monoisotopic (exact) mass is 434 g/mol. The average Bonchev–Trinajstić information content (AvgIpc) is 3.15. The van der Waals surface area contributed by atoms with Gasteiger partial charge in [0.1, 0.15) is 23.5 Å². The Morgan fingerprint density at radius 2 is 2.09 bits per heavy atom. The highest BCUT2D eigenvalue weighted by molar-refractivity contribution is 5.70. The standard InChI is InChI=1S/C24H32N7O/c1-6-26-24(2)16-25-23(31(4,5)17-24)19-9-7-8-18(12-19)13-21-22(32)10-11-30(28-21)20-14-27-29(3)15-20/h7-12,14-16,23,26H,6,13,17H2,1-5H3/q+1. The zero-order valence-electron chi connectivity index (χ0n) is 19.5. The minimum absolute atomic E-state index is 0.0115. The van der Waals surface area contributed by atoms with E-state index in [-0.39, 0.29) is 17.1 Å². The summed E-state index contributed by atoms with van der Waals surface area (Å²) >= 11 is 0. The Hall–Kier alpha value is -3.10. The Kier molecular flexibility index (Phi) is 5.83. The second-order valence-electron chi connectivity index (χ2n) is 9.40. The SMILES string of the molecule is CCNC1(C)C=NC(c2cccc(Cc3nn(-c4cnn(C)c4)ccc3=O)c2)[N+](C)(C)C1. The number of quaternary nitrogens is 1. The number of nitrogens with one attached hydrogen (secondary N) is 1. The molecule has 168 valence electrons. The van der Waals surface area contributed by atoms with Gasteiger partial charge in [-0.25, -0.2) is 9.67 Å². The van der Waals surface area contributed by atoms with E-state index >= 15 is 0 Å². The molecule has 1 aliphatic rings. The molecule has 0 spiro atoms. The Morgan fingerprint density at radius 1 is 1.28 bits per heavy atom. The van der Waals surface area contributed by atoms with E-state index in [0.717, 1.165) is 34.4 Å². The number of aryl methyl sites for hydroxylation is 1. The maximum Gasteiger partial charge on any atom is 0.208 e. The van der Waals surface area contributed by atoms with Crippen LogP contribution >= 0.6 is 0 Å². The van der Waals surface area contributed by atoms with Crippen LogP contribution in [-0.2, 0) is 13.5 Å². The molecule has 3 heterocycles.